The minimum atomic E-state index is -0.339. The molecule has 5 heteroatoms. The summed E-state index contributed by atoms with van der Waals surface area (Å²) in [6.07, 6.45) is 17.5. The van der Waals surface area contributed by atoms with E-state index in [4.69, 9.17) is 9.98 Å². The Morgan fingerprint density at radius 2 is 0.896 bits per heavy atom. The first-order valence-corrected chi connectivity index (χ1v) is 18.4. The summed E-state index contributed by atoms with van der Waals surface area (Å²) in [7, 11) is 0. The van der Waals surface area contributed by atoms with Crippen LogP contribution in [0.2, 0.25) is 0 Å². The van der Waals surface area contributed by atoms with Crippen LogP contribution >= 0.6 is 0 Å². The molecule has 0 aliphatic rings. The number of unbranched alkanes of at least 4 members (excludes halogenated alkanes) is 9. The molecule has 0 unspecified atom stereocenters. The number of aliphatic imine (C=N–C) groups is 2. The van der Waals surface area contributed by atoms with Gasteiger partial charge in [-0.05, 0) is 120 Å². The summed E-state index contributed by atoms with van der Waals surface area (Å²) >= 11 is 0. The maximum absolute atomic E-state index is 11.4. The Morgan fingerprint density at radius 3 is 1.35 bits per heavy atom. The van der Waals surface area contributed by atoms with Gasteiger partial charge in [-0.3, -0.25) is 9.98 Å². The largest absolute Gasteiger partial charge is 2.00 e. The maximum Gasteiger partial charge on any atom is 2.00 e. The second-order valence-corrected chi connectivity index (χ2v) is 13.3. The van der Waals surface area contributed by atoms with Crippen molar-refractivity contribution in [2.45, 2.75) is 152 Å². The predicted molar refractivity (Wildman–Crippen MR) is 201 cm³/mol. The molecule has 0 atom stereocenters. The molecule has 48 heavy (non-hydrogen) atoms. The van der Waals surface area contributed by atoms with E-state index in [1.807, 2.05) is 0 Å². The average Bonchev–Trinajstić information content (AvgIpc) is 3.06. The number of aryl methyl sites for hydroxylation is 6. The Balaban J connectivity index is 0.000000689. The van der Waals surface area contributed by atoms with Crippen LogP contribution in [0.25, 0.3) is 0 Å². The monoisotopic (exact) mass is 696 g/mol. The zero-order valence-electron chi connectivity index (χ0n) is 31.3. The van der Waals surface area contributed by atoms with Gasteiger partial charge in [0, 0.05) is 0 Å². The van der Waals surface area contributed by atoms with Gasteiger partial charge < -0.3 is 10.2 Å². The Hall–Kier alpha value is -2.91. The Bertz CT molecular complexity index is 1430. The topological polar surface area (TPSA) is 70.8 Å². The fourth-order valence-corrected chi connectivity index (χ4v) is 5.49. The average molecular weight is 698 g/mol. The normalized spacial score (nSPS) is 11.6. The summed E-state index contributed by atoms with van der Waals surface area (Å²) < 4.78 is 0. The zero-order chi connectivity index (χ0) is 34.6. The zero-order valence-corrected chi connectivity index (χ0v) is 32.2. The Labute approximate surface area is 303 Å². The summed E-state index contributed by atoms with van der Waals surface area (Å²) in [4.78, 5) is 10.4. The van der Waals surface area contributed by atoms with Crippen molar-refractivity contribution in [2.75, 3.05) is 0 Å². The van der Waals surface area contributed by atoms with E-state index < -0.39 is 0 Å². The third kappa shape index (κ3) is 15.5. The van der Waals surface area contributed by atoms with Crippen molar-refractivity contribution in [2.24, 2.45) is 9.98 Å². The fourth-order valence-electron chi connectivity index (χ4n) is 5.49. The molecule has 0 N–H and O–H groups in total. The van der Waals surface area contributed by atoms with Gasteiger partial charge >= 0.3 is 16.5 Å². The molecule has 0 saturated carbocycles. The van der Waals surface area contributed by atoms with Crippen LogP contribution in [0.5, 0.6) is 11.5 Å². The van der Waals surface area contributed by atoms with Crippen LogP contribution in [-0.2, 0) is 22.9 Å². The van der Waals surface area contributed by atoms with Crippen molar-refractivity contribution in [3.05, 3.63) is 81.9 Å². The van der Waals surface area contributed by atoms with Crippen molar-refractivity contribution in [3.8, 4) is 11.5 Å². The molecule has 0 fully saturated rings. The Kier molecular flexibility index (Phi) is 21.8. The molecular weight excluding hydrogens is 635 g/mol. The molecule has 266 valence electrons. The van der Waals surface area contributed by atoms with E-state index in [1.54, 1.807) is 19.1 Å². The van der Waals surface area contributed by atoms with E-state index in [-0.39, 0.29) is 28.0 Å². The van der Waals surface area contributed by atoms with Gasteiger partial charge in [-0.25, -0.2) is 0 Å². The van der Waals surface area contributed by atoms with Gasteiger partial charge in [-0.15, -0.1) is 11.5 Å². The number of hydrogen-bond acceptors (Lipinski definition) is 4. The van der Waals surface area contributed by atoms with Crippen LogP contribution in [0.4, 0.5) is 11.4 Å². The third-order valence-corrected chi connectivity index (χ3v) is 9.07. The molecule has 3 rings (SSSR count). The molecule has 0 aliphatic heterocycles. The minimum absolute atomic E-state index is 0. The van der Waals surface area contributed by atoms with Crippen LogP contribution < -0.4 is 10.2 Å². The first-order chi connectivity index (χ1) is 22.6. The molecule has 3 aromatic carbocycles. The number of nitrogens with zero attached hydrogens (tertiary/aromatic N) is 2. The van der Waals surface area contributed by atoms with Crippen LogP contribution in [0.1, 0.15) is 144 Å². The van der Waals surface area contributed by atoms with Crippen LogP contribution in [0.3, 0.4) is 0 Å². The molecule has 0 amide bonds. The van der Waals surface area contributed by atoms with E-state index in [1.165, 1.54) is 97.9 Å². The number of benzene rings is 3. The van der Waals surface area contributed by atoms with Gasteiger partial charge in [-0.1, -0.05) is 114 Å². The molecule has 0 bridgehead atoms. The van der Waals surface area contributed by atoms with Crippen molar-refractivity contribution in [3.63, 3.8) is 0 Å². The van der Waals surface area contributed by atoms with Gasteiger partial charge in [0.2, 0.25) is 0 Å². The summed E-state index contributed by atoms with van der Waals surface area (Å²) in [5, 5.41) is 22.6. The summed E-state index contributed by atoms with van der Waals surface area (Å²) in [5.74, 6) is -0.651. The van der Waals surface area contributed by atoms with Crippen molar-refractivity contribution in [1.82, 2.24) is 0 Å². The van der Waals surface area contributed by atoms with E-state index >= 15 is 0 Å². The third-order valence-electron chi connectivity index (χ3n) is 9.07. The van der Waals surface area contributed by atoms with Crippen LogP contribution in [-0.4, -0.2) is 11.4 Å². The van der Waals surface area contributed by atoms with E-state index in [9.17, 15) is 10.2 Å². The molecule has 0 spiro atoms. The first-order valence-electron chi connectivity index (χ1n) is 18.4. The number of hydrogen-bond donors (Lipinski definition) is 0. The maximum atomic E-state index is 11.4. The molecule has 0 heterocycles. The molecule has 3 aromatic rings. The Morgan fingerprint density at radius 1 is 0.479 bits per heavy atom. The molecule has 4 nitrogen and oxygen atoms in total. The SMILES string of the molecule is CCCCCCCCC(=Nc1ccc(C)c(C)c1)C(CCCCCC)=Nc1ccc(C)c(C)c1.CCCCc1ccc(C)c([O-])c1[O-].[Ni+2]. The summed E-state index contributed by atoms with van der Waals surface area (Å²) in [6, 6.07) is 16.7. The van der Waals surface area contributed by atoms with Gasteiger partial charge in [0.15, 0.2) is 0 Å². The molecular formula is C43H62N2NiO2. The molecule has 0 radical (unpaired) electrons. The number of rotatable bonds is 18. The van der Waals surface area contributed by atoms with Gasteiger partial charge in [-0.2, -0.15) is 0 Å². The van der Waals surface area contributed by atoms with Crippen molar-refractivity contribution in [1.29, 1.82) is 0 Å². The smallest absolute Gasteiger partial charge is 0.873 e. The van der Waals surface area contributed by atoms with Gasteiger partial charge in [0.05, 0.1) is 22.8 Å². The minimum Gasteiger partial charge on any atom is -0.873 e. The first kappa shape index (κ1) is 43.1. The second kappa shape index (κ2) is 24.3. The molecule has 0 saturated heterocycles. The standard InChI is InChI=1S/C32H48N2.C11H16O2.Ni/c1-7-9-11-13-14-16-18-32(34-30-22-20-26(4)28(6)24-30)31(17-15-12-10-8-2)33-29-21-19-25(3)27(5)23-29;1-3-4-5-9-7-6-8(2)10(12)11(9)13;/h19-24H,7-18H2,1-6H3;6-7,12-13H,3-5H2,1-2H3;/q;;+2/p-2. The second-order valence-electron chi connectivity index (χ2n) is 13.3. The van der Waals surface area contributed by atoms with E-state index in [0.717, 1.165) is 43.5 Å². The quantitative estimate of drug-likeness (QED) is 0.0754. The van der Waals surface area contributed by atoms with Crippen molar-refractivity contribution < 1.29 is 26.7 Å². The van der Waals surface area contributed by atoms with Crippen molar-refractivity contribution >= 4 is 22.8 Å². The van der Waals surface area contributed by atoms with Crippen LogP contribution in [0, 0.1) is 34.6 Å². The fraction of sp³-hybridized carbons (Fsp3) is 0.535. The summed E-state index contributed by atoms with van der Waals surface area (Å²) in [5.41, 5.74) is 10.9. The van der Waals surface area contributed by atoms with Gasteiger partial charge in [0.25, 0.3) is 0 Å². The summed E-state index contributed by atoms with van der Waals surface area (Å²) in [6.45, 7) is 17.0. The molecule has 0 aliphatic carbocycles. The van der Waals surface area contributed by atoms with Gasteiger partial charge in [0.1, 0.15) is 0 Å². The van der Waals surface area contributed by atoms with E-state index in [2.05, 4.69) is 84.9 Å². The molecule has 0 aromatic heterocycles. The predicted octanol–water partition coefficient (Wildman–Crippen LogP) is 12.0. The van der Waals surface area contributed by atoms with Crippen LogP contribution in [0.15, 0.2) is 58.5 Å². The van der Waals surface area contributed by atoms with E-state index in [0.29, 0.717) is 11.1 Å².